The van der Waals surface area contributed by atoms with E-state index in [2.05, 4.69) is 22.8 Å². The van der Waals surface area contributed by atoms with E-state index in [1.807, 2.05) is 25.1 Å². The van der Waals surface area contributed by atoms with Crippen molar-refractivity contribution in [3.63, 3.8) is 0 Å². The fourth-order valence-electron chi connectivity index (χ4n) is 2.74. The summed E-state index contributed by atoms with van der Waals surface area (Å²) in [5, 5.41) is 6.65. The van der Waals surface area contributed by atoms with Gasteiger partial charge in [-0.2, -0.15) is 0 Å². The van der Waals surface area contributed by atoms with Gasteiger partial charge in [0, 0.05) is 12.1 Å². The molecule has 1 amide bonds. The molecule has 2 aromatic carbocycles. The maximum absolute atomic E-state index is 12.5. The van der Waals surface area contributed by atoms with Gasteiger partial charge in [0.05, 0.1) is 24.9 Å². The molecule has 0 saturated carbocycles. The predicted molar refractivity (Wildman–Crippen MR) is 110 cm³/mol. The second-order valence-corrected chi connectivity index (χ2v) is 6.89. The van der Waals surface area contributed by atoms with Crippen LogP contribution in [0.2, 0.25) is 5.02 Å². The standard InChI is InChI=1S/C21H27ClN2O3/c1-14(10-11-16-8-6-5-7-9-16)23-21(25)15(2)24-18-12-17(22)19(26-3)13-20(18)27-4/h5-9,12-15,24H,10-11H2,1-4H3,(H,23,25)/t14-,15-/m0/s1. The molecule has 2 rings (SSSR count). The van der Waals surface area contributed by atoms with Crippen molar-refractivity contribution in [2.24, 2.45) is 0 Å². The molecule has 0 aromatic heterocycles. The molecule has 2 atom stereocenters. The summed E-state index contributed by atoms with van der Waals surface area (Å²) in [6.07, 6.45) is 1.80. The fraction of sp³-hybridized carbons (Fsp3) is 0.381. The number of rotatable bonds is 9. The Morgan fingerprint density at radius 1 is 1.07 bits per heavy atom. The normalized spacial score (nSPS) is 12.8. The lowest BCUT2D eigenvalue weighted by molar-refractivity contribution is -0.122. The van der Waals surface area contributed by atoms with Gasteiger partial charge in [-0.3, -0.25) is 4.79 Å². The average molecular weight is 391 g/mol. The second-order valence-electron chi connectivity index (χ2n) is 6.49. The Bertz CT molecular complexity index is 753. The zero-order chi connectivity index (χ0) is 19.8. The van der Waals surface area contributed by atoms with Crippen LogP contribution < -0.4 is 20.1 Å². The number of carbonyl (C=O) groups is 1. The Labute approximate surface area is 166 Å². The van der Waals surface area contributed by atoms with Gasteiger partial charge in [0.15, 0.2) is 0 Å². The van der Waals surface area contributed by atoms with E-state index in [0.717, 1.165) is 12.8 Å². The van der Waals surface area contributed by atoms with Crippen molar-refractivity contribution >= 4 is 23.2 Å². The first-order valence-electron chi connectivity index (χ1n) is 8.97. The number of anilines is 1. The van der Waals surface area contributed by atoms with Gasteiger partial charge in [0.1, 0.15) is 17.5 Å². The number of aryl methyl sites for hydroxylation is 1. The van der Waals surface area contributed by atoms with Crippen LogP contribution in [0.5, 0.6) is 11.5 Å². The smallest absolute Gasteiger partial charge is 0.242 e. The van der Waals surface area contributed by atoms with Crippen LogP contribution in [0.1, 0.15) is 25.8 Å². The lowest BCUT2D eigenvalue weighted by atomic mass is 10.1. The molecule has 0 radical (unpaired) electrons. The molecule has 0 unspecified atom stereocenters. The van der Waals surface area contributed by atoms with E-state index in [9.17, 15) is 4.79 Å². The topological polar surface area (TPSA) is 59.6 Å². The van der Waals surface area contributed by atoms with Gasteiger partial charge in [-0.25, -0.2) is 0 Å². The summed E-state index contributed by atoms with van der Waals surface area (Å²) in [5.74, 6) is 1.00. The largest absolute Gasteiger partial charge is 0.495 e. The molecule has 27 heavy (non-hydrogen) atoms. The summed E-state index contributed by atoms with van der Waals surface area (Å²) >= 11 is 6.18. The lowest BCUT2D eigenvalue weighted by Crippen LogP contribution is -2.42. The molecule has 146 valence electrons. The first-order valence-corrected chi connectivity index (χ1v) is 9.34. The Morgan fingerprint density at radius 2 is 1.74 bits per heavy atom. The van der Waals surface area contributed by atoms with E-state index >= 15 is 0 Å². The quantitative estimate of drug-likeness (QED) is 0.670. The van der Waals surface area contributed by atoms with Crippen LogP contribution in [0.3, 0.4) is 0 Å². The zero-order valence-electron chi connectivity index (χ0n) is 16.2. The zero-order valence-corrected chi connectivity index (χ0v) is 17.0. The molecule has 5 nitrogen and oxygen atoms in total. The molecule has 2 N–H and O–H groups in total. The van der Waals surface area contributed by atoms with Gasteiger partial charge >= 0.3 is 0 Å². The summed E-state index contributed by atoms with van der Waals surface area (Å²) < 4.78 is 10.6. The lowest BCUT2D eigenvalue weighted by Gasteiger charge is -2.21. The predicted octanol–water partition coefficient (Wildman–Crippen LogP) is 4.30. The van der Waals surface area contributed by atoms with Gasteiger partial charge < -0.3 is 20.1 Å². The summed E-state index contributed by atoms with van der Waals surface area (Å²) in [5.41, 5.74) is 1.91. The maximum atomic E-state index is 12.5. The van der Waals surface area contributed by atoms with Crippen LogP contribution in [0, 0.1) is 0 Å². The molecule has 0 fully saturated rings. The number of benzene rings is 2. The minimum absolute atomic E-state index is 0.0725. The summed E-state index contributed by atoms with van der Waals surface area (Å²) in [4.78, 5) is 12.5. The number of nitrogens with one attached hydrogen (secondary N) is 2. The van der Waals surface area contributed by atoms with Crippen molar-refractivity contribution in [1.29, 1.82) is 0 Å². The van der Waals surface area contributed by atoms with Gasteiger partial charge in [0.25, 0.3) is 0 Å². The molecule has 0 aliphatic rings. The highest BCUT2D eigenvalue weighted by Gasteiger charge is 2.18. The Balaban J connectivity index is 1.92. The number of methoxy groups -OCH3 is 2. The second kappa shape index (κ2) is 10.1. The van der Waals surface area contributed by atoms with Crippen LogP contribution >= 0.6 is 11.6 Å². The van der Waals surface area contributed by atoms with Crippen molar-refractivity contribution in [1.82, 2.24) is 5.32 Å². The van der Waals surface area contributed by atoms with E-state index in [0.29, 0.717) is 22.2 Å². The molecule has 0 bridgehead atoms. The van der Waals surface area contributed by atoms with E-state index < -0.39 is 6.04 Å². The van der Waals surface area contributed by atoms with Gasteiger partial charge in [-0.1, -0.05) is 41.9 Å². The molecule has 0 spiro atoms. The number of carbonyl (C=O) groups excluding carboxylic acids is 1. The molecule has 2 aromatic rings. The average Bonchev–Trinajstić information content (AvgIpc) is 2.67. The third-order valence-electron chi connectivity index (χ3n) is 4.34. The summed E-state index contributed by atoms with van der Waals surface area (Å²) in [6.45, 7) is 3.81. The highest BCUT2D eigenvalue weighted by molar-refractivity contribution is 6.32. The van der Waals surface area contributed by atoms with Gasteiger partial charge in [-0.05, 0) is 38.3 Å². The van der Waals surface area contributed by atoms with E-state index in [1.165, 1.54) is 5.56 Å². The fourth-order valence-corrected chi connectivity index (χ4v) is 2.98. The van der Waals surface area contributed by atoms with Crippen LogP contribution in [0.15, 0.2) is 42.5 Å². The highest BCUT2D eigenvalue weighted by Crippen LogP contribution is 2.36. The summed E-state index contributed by atoms with van der Waals surface area (Å²) in [7, 11) is 3.10. The van der Waals surface area contributed by atoms with E-state index in [-0.39, 0.29) is 11.9 Å². The minimum atomic E-state index is -0.442. The number of ether oxygens (including phenoxy) is 2. The Hall–Kier alpha value is -2.40. The molecule has 0 aliphatic carbocycles. The first kappa shape index (κ1) is 20.9. The number of hydrogen-bond acceptors (Lipinski definition) is 4. The van der Waals surface area contributed by atoms with Crippen LogP contribution in [-0.4, -0.2) is 32.2 Å². The number of amides is 1. The third kappa shape index (κ3) is 6.07. The van der Waals surface area contributed by atoms with Crippen molar-refractivity contribution < 1.29 is 14.3 Å². The molecule has 0 aliphatic heterocycles. The van der Waals surface area contributed by atoms with Crippen LogP contribution in [0.25, 0.3) is 0 Å². The maximum Gasteiger partial charge on any atom is 0.242 e. The molecule has 6 heteroatoms. The first-order chi connectivity index (χ1) is 12.9. The Morgan fingerprint density at radius 3 is 2.37 bits per heavy atom. The molecular weight excluding hydrogens is 364 g/mol. The molecule has 0 heterocycles. The van der Waals surface area contributed by atoms with Crippen molar-refractivity contribution in [3.8, 4) is 11.5 Å². The van der Waals surface area contributed by atoms with Crippen LogP contribution in [-0.2, 0) is 11.2 Å². The molecule has 0 saturated heterocycles. The number of halogens is 1. The van der Waals surface area contributed by atoms with Gasteiger partial charge in [-0.15, -0.1) is 0 Å². The van der Waals surface area contributed by atoms with E-state index in [4.69, 9.17) is 21.1 Å². The van der Waals surface area contributed by atoms with Crippen LogP contribution in [0.4, 0.5) is 5.69 Å². The third-order valence-corrected chi connectivity index (χ3v) is 4.63. The minimum Gasteiger partial charge on any atom is -0.495 e. The SMILES string of the molecule is COc1cc(OC)c(N[C@@H](C)C(=O)N[C@@H](C)CCc2ccccc2)cc1Cl. The molecular formula is C21H27ClN2O3. The Kier molecular flexibility index (Phi) is 7.80. The van der Waals surface area contributed by atoms with Crippen molar-refractivity contribution in [2.75, 3.05) is 19.5 Å². The highest BCUT2D eigenvalue weighted by atomic mass is 35.5. The summed E-state index contributed by atoms with van der Waals surface area (Å²) in [6, 6.07) is 13.3. The number of hydrogen-bond donors (Lipinski definition) is 2. The van der Waals surface area contributed by atoms with Gasteiger partial charge in [0.2, 0.25) is 5.91 Å². The monoisotopic (exact) mass is 390 g/mol. The van der Waals surface area contributed by atoms with Crippen molar-refractivity contribution in [3.05, 3.63) is 53.1 Å². The van der Waals surface area contributed by atoms with E-state index in [1.54, 1.807) is 33.3 Å². The van der Waals surface area contributed by atoms with Crippen molar-refractivity contribution in [2.45, 2.75) is 38.8 Å².